The van der Waals surface area contributed by atoms with E-state index in [0.717, 1.165) is 29.7 Å². The number of carbonyl (C=O) groups excluding carboxylic acids is 2. The van der Waals surface area contributed by atoms with Crippen molar-refractivity contribution in [3.8, 4) is 0 Å². The van der Waals surface area contributed by atoms with Crippen LogP contribution in [-0.2, 0) is 22.4 Å². The SMILES string of the molecule is CCc1ccccc1N1CC(C(=O)N(C)CCc2ccncc2)CC1=O. The minimum absolute atomic E-state index is 0.0341. The van der Waals surface area contributed by atoms with Crippen LogP contribution in [0.1, 0.15) is 24.5 Å². The van der Waals surface area contributed by atoms with E-state index >= 15 is 0 Å². The lowest BCUT2D eigenvalue weighted by Gasteiger charge is -2.22. The van der Waals surface area contributed by atoms with Crippen molar-refractivity contribution in [2.45, 2.75) is 26.2 Å². The summed E-state index contributed by atoms with van der Waals surface area (Å²) in [5.74, 6) is -0.189. The van der Waals surface area contributed by atoms with Gasteiger partial charge in [-0.05, 0) is 42.2 Å². The normalized spacial score (nSPS) is 16.8. The van der Waals surface area contributed by atoms with Crippen LogP contribution in [-0.4, -0.2) is 41.8 Å². The summed E-state index contributed by atoms with van der Waals surface area (Å²) in [5, 5.41) is 0. The summed E-state index contributed by atoms with van der Waals surface area (Å²) < 4.78 is 0. The van der Waals surface area contributed by atoms with Gasteiger partial charge in [-0.25, -0.2) is 0 Å². The minimum atomic E-state index is -0.269. The number of aromatic nitrogens is 1. The number of nitrogens with zero attached hydrogens (tertiary/aromatic N) is 3. The molecule has 1 aliphatic heterocycles. The molecule has 0 bridgehead atoms. The first kappa shape index (κ1) is 18.1. The Morgan fingerprint density at radius 2 is 1.96 bits per heavy atom. The summed E-state index contributed by atoms with van der Waals surface area (Å²) in [5.41, 5.74) is 3.23. The number of para-hydroxylation sites is 1. The average molecular weight is 351 g/mol. The second-order valence-corrected chi connectivity index (χ2v) is 6.75. The van der Waals surface area contributed by atoms with Gasteiger partial charge in [-0.2, -0.15) is 0 Å². The highest BCUT2D eigenvalue weighted by Crippen LogP contribution is 2.29. The van der Waals surface area contributed by atoms with E-state index in [1.54, 1.807) is 22.2 Å². The van der Waals surface area contributed by atoms with E-state index in [1.807, 2.05) is 43.4 Å². The Kier molecular flexibility index (Phi) is 5.66. The van der Waals surface area contributed by atoms with Crippen LogP contribution < -0.4 is 4.90 Å². The van der Waals surface area contributed by atoms with Gasteiger partial charge < -0.3 is 9.80 Å². The van der Waals surface area contributed by atoms with Crippen molar-refractivity contribution >= 4 is 17.5 Å². The van der Waals surface area contributed by atoms with Crippen LogP contribution in [0.4, 0.5) is 5.69 Å². The maximum Gasteiger partial charge on any atom is 0.227 e. The summed E-state index contributed by atoms with van der Waals surface area (Å²) in [6, 6.07) is 11.9. The van der Waals surface area contributed by atoms with Gasteiger partial charge in [-0.1, -0.05) is 25.1 Å². The van der Waals surface area contributed by atoms with Gasteiger partial charge in [0.2, 0.25) is 11.8 Å². The molecule has 5 heteroatoms. The van der Waals surface area contributed by atoms with Gasteiger partial charge in [0.1, 0.15) is 0 Å². The van der Waals surface area contributed by atoms with E-state index in [1.165, 1.54) is 0 Å². The third kappa shape index (κ3) is 3.93. The number of likely N-dealkylation sites (N-methyl/N-ethyl adjacent to an activating group) is 1. The Hall–Kier alpha value is -2.69. The molecule has 2 heterocycles. The van der Waals surface area contributed by atoms with Crippen molar-refractivity contribution in [2.75, 3.05) is 25.0 Å². The van der Waals surface area contributed by atoms with Gasteiger partial charge in [-0.15, -0.1) is 0 Å². The van der Waals surface area contributed by atoms with E-state index in [-0.39, 0.29) is 24.2 Å². The van der Waals surface area contributed by atoms with Gasteiger partial charge in [0, 0.05) is 44.6 Å². The van der Waals surface area contributed by atoms with Crippen molar-refractivity contribution in [2.24, 2.45) is 5.92 Å². The third-order valence-electron chi connectivity index (χ3n) is 5.00. The number of benzene rings is 1. The highest BCUT2D eigenvalue weighted by Gasteiger charge is 2.36. The van der Waals surface area contributed by atoms with Gasteiger partial charge in [-0.3, -0.25) is 14.6 Å². The van der Waals surface area contributed by atoms with Crippen LogP contribution >= 0.6 is 0 Å². The highest BCUT2D eigenvalue weighted by molar-refractivity contribution is 6.00. The maximum atomic E-state index is 12.8. The molecule has 136 valence electrons. The van der Waals surface area contributed by atoms with E-state index in [9.17, 15) is 9.59 Å². The van der Waals surface area contributed by atoms with Gasteiger partial charge in [0.05, 0.1) is 5.92 Å². The zero-order chi connectivity index (χ0) is 18.5. The first-order chi connectivity index (χ1) is 12.6. The minimum Gasteiger partial charge on any atom is -0.345 e. The maximum absolute atomic E-state index is 12.8. The third-order valence-corrected chi connectivity index (χ3v) is 5.00. The van der Waals surface area contributed by atoms with Crippen molar-refractivity contribution in [3.63, 3.8) is 0 Å². The van der Waals surface area contributed by atoms with Crippen LogP contribution in [0.25, 0.3) is 0 Å². The first-order valence-corrected chi connectivity index (χ1v) is 9.12. The molecule has 1 fully saturated rings. The second-order valence-electron chi connectivity index (χ2n) is 6.75. The van der Waals surface area contributed by atoms with Gasteiger partial charge in [0.25, 0.3) is 0 Å². The number of hydrogen-bond donors (Lipinski definition) is 0. The number of pyridine rings is 1. The molecule has 1 saturated heterocycles. The van der Waals surface area contributed by atoms with Crippen molar-refractivity contribution < 1.29 is 9.59 Å². The van der Waals surface area contributed by atoms with E-state index < -0.39 is 0 Å². The molecule has 1 atom stereocenters. The van der Waals surface area contributed by atoms with Gasteiger partial charge in [0.15, 0.2) is 0 Å². The van der Waals surface area contributed by atoms with Crippen molar-refractivity contribution in [1.29, 1.82) is 0 Å². The standard InChI is InChI=1S/C21H25N3O2/c1-3-17-6-4-5-7-19(17)24-15-18(14-20(24)25)21(26)23(2)13-10-16-8-11-22-12-9-16/h4-9,11-12,18H,3,10,13-15H2,1-2H3. The Labute approximate surface area is 154 Å². The fourth-order valence-corrected chi connectivity index (χ4v) is 3.45. The molecule has 1 aromatic carbocycles. The quantitative estimate of drug-likeness (QED) is 0.804. The fraction of sp³-hybridized carbons (Fsp3) is 0.381. The van der Waals surface area contributed by atoms with Crippen LogP contribution in [0.2, 0.25) is 0 Å². The number of rotatable bonds is 6. The monoisotopic (exact) mass is 351 g/mol. The summed E-state index contributed by atoms with van der Waals surface area (Å²) in [7, 11) is 1.82. The van der Waals surface area contributed by atoms with Crippen molar-refractivity contribution in [3.05, 3.63) is 59.9 Å². The fourth-order valence-electron chi connectivity index (χ4n) is 3.45. The number of hydrogen-bond acceptors (Lipinski definition) is 3. The van der Waals surface area contributed by atoms with E-state index in [2.05, 4.69) is 11.9 Å². The van der Waals surface area contributed by atoms with Gasteiger partial charge >= 0.3 is 0 Å². The summed E-state index contributed by atoms with van der Waals surface area (Å²) in [6.07, 6.45) is 5.46. The average Bonchev–Trinajstić information content (AvgIpc) is 3.07. The van der Waals surface area contributed by atoms with Crippen LogP contribution in [0.5, 0.6) is 0 Å². The molecule has 1 aliphatic rings. The molecule has 0 saturated carbocycles. The molecule has 2 aromatic rings. The Morgan fingerprint density at radius 1 is 1.23 bits per heavy atom. The summed E-state index contributed by atoms with van der Waals surface area (Å²) >= 11 is 0. The topological polar surface area (TPSA) is 53.5 Å². The molecule has 0 aliphatic carbocycles. The lowest BCUT2D eigenvalue weighted by atomic mass is 10.1. The number of amides is 2. The van der Waals surface area contributed by atoms with E-state index in [4.69, 9.17) is 0 Å². The zero-order valence-electron chi connectivity index (χ0n) is 15.4. The molecule has 0 radical (unpaired) electrons. The molecule has 2 amide bonds. The summed E-state index contributed by atoms with van der Waals surface area (Å²) in [6.45, 7) is 3.18. The lowest BCUT2D eigenvalue weighted by molar-refractivity contribution is -0.134. The molecular weight excluding hydrogens is 326 g/mol. The zero-order valence-corrected chi connectivity index (χ0v) is 15.4. The number of anilines is 1. The Morgan fingerprint density at radius 3 is 2.69 bits per heavy atom. The molecular formula is C21H25N3O2. The van der Waals surface area contributed by atoms with Crippen LogP contribution in [0, 0.1) is 5.92 Å². The van der Waals surface area contributed by atoms with E-state index in [0.29, 0.717) is 13.1 Å². The summed E-state index contributed by atoms with van der Waals surface area (Å²) in [4.78, 5) is 32.8. The molecule has 3 rings (SSSR count). The number of carbonyl (C=O) groups is 2. The number of aryl methyl sites for hydroxylation is 1. The smallest absolute Gasteiger partial charge is 0.227 e. The van der Waals surface area contributed by atoms with Crippen LogP contribution in [0.15, 0.2) is 48.8 Å². The van der Waals surface area contributed by atoms with Crippen LogP contribution in [0.3, 0.4) is 0 Å². The molecule has 0 N–H and O–H groups in total. The predicted molar refractivity (Wildman–Crippen MR) is 102 cm³/mol. The molecule has 5 nitrogen and oxygen atoms in total. The largest absolute Gasteiger partial charge is 0.345 e. The second kappa shape index (κ2) is 8.13. The molecule has 26 heavy (non-hydrogen) atoms. The molecule has 0 spiro atoms. The molecule has 1 unspecified atom stereocenters. The lowest BCUT2D eigenvalue weighted by Crippen LogP contribution is -2.36. The van der Waals surface area contributed by atoms with Crippen molar-refractivity contribution in [1.82, 2.24) is 9.88 Å². The molecule has 1 aromatic heterocycles. The first-order valence-electron chi connectivity index (χ1n) is 9.12. The Bertz CT molecular complexity index is 776. The predicted octanol–water partition coefficient (Wildman–Crippen LogP) is 2.70. The highest BCUT2D eigenvalue weighted by atomic mass is 16.2. The Balaban J connectivity index is 1.63.